The summed E-state index contributed by atoms with van der Waals surface area (Å²) in [6, 6.07) is 4.95. The van der Waals surface area contributed by atoms with Gasteiger partial charge in [0.1, 0.15) is 10.6 Å². The van der Waals surface area contributed by atoms with Crippen molar-refractivity contribution in [1.82, 2.24) is 9.80 Å². The molecule has 2 atom stereocenters. The molecule has 1 aliphatic heterocycles. The smallest absolute Gasteiger partial charge is 0.254 e. The van der Waals surface area contributed by atoms with Gasteiger partial charge >= 0.3 is 0 Å². The molecule has 0 saturated carbocycles. The van der Waals surface area contributed by atoms with Crippen LogP contribution in [0, 0.1) is 0 Å². The van der Waals surface area contributed by atoms with Crippen LogP contribution in [-0.2, 0) is 14.6 Å². The number of amides is 1. The van der Waals surface area contributed by atoms with E-state index in [0.29, 0.717) is 25.3 Å². The molecule has 1 aromatic carbocycles. The molecule has 1 heterocycles. The molecule has 0 bridgehead atoms. The van der Waals surface area contributed by atoms with E-state index in [1.54, 1.807) is 18.1 Å². The first-order valence-corrected chi connectivity index (χ1v) is 10.5. The third-order valence-electron chi connectivity index (χ3n) is 4.75. The van der Waals surface area contributed by atoms with Gasteiger partial charge in [0.2, 0.25) is 0 Å². The maximum atomic E-state index is 12.9. The number of piperazine rings is 1. The molecule has 26 heavy (non-hydrogen) atoms. The number of benzene rings is 1. The van der Waals surface area contributed by atoms with Crippen molar-refractivity contribution in [1.29, 1.82) is 0 Å². The van der Waals surface area contributed by atoms with E-state index in [2.05, 4.69) is 18.7 Å². The van der Waals surface area contributed by atoms with E-state index in [0.717, 1.165) is 12.8 Å². The summed E-state index contributed by atoms with van der Waals surface area (Å²) in [5.74, 6) is 0.0813. The molecule has 1 amide bonds. The van der Waals surface area contributed by atoms with Gasteiger partial charge in [-0.05, 0) is 32.0 Å². The molecule has 8 heteroatoms. The van der Waals surface area contributed by atoms with Crippen molar-refractivity contribution in [3.05, 3.63) is 23.8 Å². The van der Waals surface area contributed by atoms with Gasteiger partial charge in [-0.15, -0.1) is 0 Å². The van der Waals surface area contributed by atoms with E-state index in [-0.39, 0.29) is 28.6 Å². The monoisotopic (exact) mass is 384 g/mol. The number of carbonyl (C=O) groups excluding carboxylic acids is 1. The number of carbonyl (C=O) groups is 1. The molecule has 0 N–H and O–H groups in total. The standard InChI is InChI=1S/C18H28N2O5S/c1-13-11-19(12-14(2)20(13)8-9-24-3)18(21)15-6-7-16(25-4)17(10-15)26(5,22)23/h6-7,10,13-14H,8-9,11-12H2,1-5H3. The van der Waals surface area contributed by atoms with Crippen LogP contribution in [0.4, 0.5) is 0 Å². The first-order valence-electron chi connectivity index (χ1n) is 8.61. The number of methoxy groups -OCH3 is 2. The maximum absolute atomic E-state index is 12.9. The number of rotatable bonds is 6. The highest BCUT2D eigenvalue weighted by Gasteiger charge is 2.32. The molecular weight excluding hydrogens is 356 g/mol. The van der Waals surface area contributed by atoms with Crippen LogP contribution in [-0.4, -0.2) is 82.9 Å². The van der Waals surface area contributed by atoms with Crippen molar-refractivity contribution in [2.24, 2.45) is 0 Å². The van der Waals surface area contributed by atoms with Crippen LogP contribution in [0.1, 0.15) is 24.2 Å². The number of sulfone groups is 1. The lowest BCUT2D eigenvalue weighted by Crippen LogP contribution is -2.58. The van der Waals surface area contributed by atoms with Gasteiger partial charge in [-0.25, -0.2) is 8.42 Å². The minimum Gasteiger partial charge on any atom is -0.495 e. The second kappa shape index (κ2) is 8.37. The quantitative estimate of drug-likeness (QED) is 0.735. The van der Waals surface area contributed by atoms with E-state index >= 15 is 0 Å². The summed E-state index contributed by atoms with van der Waals surface area (Å²) in [5.41, 5.74) is 0.357. The Bertz CT molecular complexity index is 738. The summed E-state index contributed by atoms with van der Waals surface area (Å²) in [4.78, 5) is 17.1. The average Bonchev–Trinajstić information content (AvgIpc) is 2.59. The molecule has 0 aliphatic carbocycles. The molecule has 1 aromatic rings. The van der Waals surface area contributed by atoms with E-state index in [1.165, 1.54) is 19.2 Å². The number of ether oxygens (including phenoxy) is 2. The Morgan fingerprint density at radius 1 is 1.19 bits per heavy atom. The van der Waals surface area contributed by atoms with Crippen LogP contribution >= 0.6 is 0 Å². The average molecular weight is 384 g/mol. The van der Waals surface area contributed by atoms with E-state index < -0.39 is 9.84 Å². The van der Waals surface area contributed by atoms with Crippen molar-refractivity contribution >= 4 is 15.7 Å². The van der Waals surface area contributed by atoms with Crippen LogP contribution in [0.5, 0.6) is 5.75 Å². The predicted molar refractivity (Wildman–Crippen MR) is 99.5 cm³/mol. The highest BCUT2D eigenvalue weighted by atomic mass is 32.2. The Kier molecular flexibility index (Phi) is 6.65. The first kappa shape index (κ1) is 20.7. The summed E-state index contributed by atoms with van der Waals surface area (Å²) in [6.07, 6.45) is 1.11. The van der Waals surface area contributed by atoms with Crippen LogP contribution in [0.2, 0.25) is 0 Å². The fourth-order valence-corrected chi connectivity index (χ4v) is 4.30. The normalized spacial score (nSPS) is 21.7. The number of hydrogen-bond donors (Lipinski definition) is 0. The van der Waals surface area contributed by atoms with Gasteiger partial charge in [0, 0.05) is 50.6 Å². The lowest BCUT2D eigenvalue weighted by Gasteiger charge is -2.44. The third-order valence-corrected chi connectivity index (χ3v) is 5.87. The van der Waals surface area contributed by atoms with Gasteiger partial charge in [-0.3, -0.25) is 9.69 Å². The Hall–Kier alpha value is -1.64. The lowest BCUT2D eigenvalue weighted by molar-refractivity contribution is 0.0193. The van der Waals surface area contributed by atoms with Gasteiger partial charge in [0.15, 0.2) is 9.84 Å². The summed E-state index contributed by atoms with van der Waals surface area (Å²) in [7, 11) is -0.401. The molecule has 0 spiro atoms. The molecule has 2 unspecified atom stereocenters. The van der Waals surface area contributed by atoms with Crippen molar-refractivity contribution in [2.45, 2.75) is 30.8 Å². The fourth-order valence-electron chi connectivity index (χ4n) is 3.44. The largest absolute Gasteiger partial charge is 0.495 e. The lowest BCUT2D eigenvalue weighted by atomic mass is 10.1. The highest BCUT2D eigenvalue weighted by Crippen LogP contribution is 2.26. The minimum atomic E-state index is -3.49. The summed E-state index contributed by atoms with van der Waals surface area (Å²) in [6.45, 7) is 6.82. The molecule has 146 valence electrons. The molecule has 1 saturated heterocycles. The molecule has 2 rings (SSSR count). The van der Waals surface area contributed by atoms with Crippen LogP contribution in [0.3, 0.4) is 0 Å². The molecule has 0 aromatic heterocycles. The van der Waals surface area contributed by atoms with Crippen molar-refractivity contribution in [3.8, 4) is 5.75 Å². The van der Waals surface area contributed by atoms with Crippen molar-refractivity contribution < 1.29 is 22.7 Å². The number of hydrogen-bond acceptors (Lipinski definition) is 6. The van der Waals surface area contributed by atoms with Gasteiger partial charge < -0.3 is 14.4 Å². The maximum Gasteiger partial charge on any atom is 0.254 e. The topological polar surface area (TPSA) is 76.2 Å². The van der Waals surface area contributed by atoms with E-state index in [9.17, 15) is 13.2 Å². The molecule has 1 fully saturated rings. The van der Waals surface area contributed by atoms with Gasteiger partial charge in [-0.1, -0.05) is 0 Å². The first-order chi connectivity index (χ1) is 12.2. The van der Waals surface area contributed by atoms with Gasteiger partial charge in [-0.2, -0.15) is 0 Å². The van der Waals surface area contributed by atoms with Crippen molar-refractivity contribution in [3.63, 3.8) is 0 Å². The molecule has 0 radical (unpaired) electrons. The van der Waals surface area contributed by atoms with E-state index in [4.69, 9.17) is 9.47 Å². The van der Waals surface area contributed by atoms with Crippen molar-refractivity contribution in [2.75, 3.05) is 46.7 Å². The molecular formula is C18H28N2O5S. The zero-order chi connectivity index (χ0) is 19.5. The fraction of sp³-hybridized carbons (Fsp3) is 0.611. The predicted octanol–water partition coefficient (Wildman–Crippen LogP) is 1.28. The van der Waals surface area contributed by atoms with Crippen LogP contribution in [0.15, 0.2) is 23.1 Å². The Balaban J connectivity index is 2.22. The van der Waals surface area contributed by atoms with Gasteiger partial charge in [0.05, 0.1) is 13.7 Å². The zero-order valence-electron chi connectivity index (χ0n) is 16.1. The Labute approximate surface area is 155 Å². The summed E-state index contributed by atoms with van der Waals surface area (Å²) >= 11 is 0. The number of nitrogens with zero attached hydrogens (tertiary/aromatic N) is 2. The van der Waals surface area contributed by atoms with Gasteiger partial charge in [0.25, 0.3) is 5.91 Å². The van der Waals surface area contributed by atoms with E-state index in [1.807, 2.05) is 0 Å². The third kappa shape index (κ3) is 4.55. The summed E-state index contributed by atoms with van der Waals surface area (Å²) < 4.78 is 34.3. The second-order valence-electron chi connectivity index (χ2n) is 6.78. The highest BCUT2D eigenvalue weighted by molar-refractivity contribution is 7.90. The SMILES string of the molecule is COCCN1C(C)CN(C(=O)c2ccc(OC)c(S(C)(=O)=O)c2)CC1C. The second-order valence-corrected chi connectivity index (χ2v) is 8.76. The zero-order valence-corrected chi connectivity index (χ0v) is 16.9. The summed E-state index contributed by atoms with van der Waals surface area (Å²) in [5, 5.41) is 0. The van der Waals surface area contributed by atoms with Crippen LogP contribution in [0.25, 0.3) is 0 Å². The Morgan fingerprint density at radius 3 is 2.31 bits per heavy atom. The van der Waals surface area contributed by atoms with Crippen LogP contribution < -0.4 is 4.74 Å². The Morgan fingerprint density at radius 2 is 1.81 bits per heavy atom. The molecule has 7 nitrogen and oxygen atoms in total. The molecule has 1 aliphatic rings. The minimum absolute atomic E-state index is 0.0330.